The van der Waals surface area contributed by atoms with Crippen molar-refractivity contribution in [2.75, 3.05) is 11.1 Å². The van der Waals surface area contributed by atoms with Gasteiger partial charge >= 0.3 is 0 Å². The highest BCUT2D eigenvalue weighted by molar-refractivity contribution is 9.10. The van der Waals surface area contributed by atoms with Gasteiger partial charge in [-0.25, -0.2) is 4.68 Å². The fourth-order valence-electron chi connectivity index (χ4n) is 2.03. The van der Waals surface area contributed by atoms with E-state index in [0.717, 1.165) is 15.7 Å². The van der Waals surface area contributed by atoms with Gasteiger partial charge in [0, 0.05) is 10.2 Å². The zero-order valence-electron chi connectivity index (χ0n) is 11.8. The van der Waals surface area contributed by atoms with Crippen LogP contribution in [0.5, 0.6) is 0 Å². The first-order valence-electron chi connectivity index (χ1n) is 6.68. The molecule has 0 aliphatic carbocycles. The summed E-state index contributed by atoms with van der Waals surface area (Å²) in [5.41, 5.74) is 7.73. The maximum atomic E-state index is 5.99. The number of hydrogen-bond donors (Lipinski definition) is 2. The van der Waals surface area contributed by atoms with Crippen molar-refractivity contribution in [3.63, 3.8) is 0 Å². The molecule has 0 aliphatic heterocycles. The van der Waals surface area contributed by atoms with Gasteiger partial charge in [-0.05, 0) is 35.9 Å². The normalized spacial score (nSPS) is 10.7. The van der Waals surface area contributed by atoms with Gasteiger partial charge in [-0.3, -0.25) is 0 Å². The third-order valence-electron chi connectivity index (χ3n) is 3.10. The van der Waals surface area contributed by atoms with Gasteiger partial charge in [-0.15, -0.1) is 5.10 Å². The average molecular weight is 413 g/mol. The molecule has 23 heavy (non-hydrogen) atoms. The first-order valence-corrected chi connectivity index (χ1v) is 8.23. The second-order valence-electron chi connectivity index (χ2n) is 4.84. The number of nitrogens with zero attached hydrogens (tertiary/aromatic N) is 3. The van der Waals surface area contributed by atoms with E-state index in [-0.39, 0.29) is 0 Å². The molecule has 0 amide bonds. The SMILES string of the molecule is Nc1nc(Nc2ccc(Cl)c(Cl)c2)nn1Cc1cccc(Br)c1. The minimum absolute atomic E-state index is 0.326. The number of anilines is 3. The van der Waals surface area contributed by atoms with Crippen LogP contribution in [0.4, 0.5) is 17.6 Å². The van der Waals surface area contributed by atoms with E-state index >= 15 is 0 Å². The molecule has 3 N–H and O–H groups in total. The van der Waals surface area contributed by atoms with E-state index in [9.17, 15) is 0 Å². The maximum Gasteiger partial charge on any atom is 0.248 e. The van der Waals surface area contributed by atoms with Crippen LogP contribution in [0.3, 0.4) is 0 Å². The van der Waals surface area contributed by atoms with Gasteiger partial charge < -0.3 is 11.1 Å². The summed E-state index contributed by atoms with van der Waals surface area (Å²) in [6.45, 7) is 0.529. The van der Waals surface area contributed by atoms with E-state index < -0.39 is 0 Å². The minimum atomic E-state index is 0.326. The highest BCUT2D eigenvalue weighted by atomic mass is 79.9. The summed E-state index contributed by atoms with van der Waals surface area (Å²) in [4.78, 5) is 4.21. The van der Waals surface area contributed by atoms with Gasteiger partial charge in [0.2, 0.25) is 11.9 Å². The Morgan fingerprint density at radius 3 is 2.70 bits per heavy atom. The number of nitrogens with one attached hydrogen (secondary N) is 1. The van der Waals surface area contributed by atoms with Crippen molar-refractivity contribution in [3.05, 3.63) is 62.5 Å². The molecule has 3 aromatic rings. The van der Waals surface area contributed by atoms with Crippen molar-refractivity contribution < 1.29 is 0 Å². The van der Waals surface area contributed by atoms with Crippen LogP contribution < -0.4 is 11.1 Å². The van der Waals surface area contributed by atoms with Crippen molar-refractivity contribution in [1.29, 1.82) is 0 Å². The zero-order valence-corrected chi connectivity index (χ0v) is 14.9. The molecule has 0 saturated heterocycles. The summed E-state index contributed by atoms with van der Waals surface area (Å²) in [5.74, 6) is 0.725. The Bertz CT molecular complexity index is 850. The number of benzene rings is 2. The lowest BCUT2D eigenvalue weighted by Crippen LogP contribution is -2.06. The topological polar surface area (TPSA) is 68.8 Å². The van der Waals surface area contributed by atoms with Crippen molar-refractivity contribution >= 4 is 56.7 Å². The second kappa shape index (κ2) is 6.78. The van der Waals surface area contributed by atoms with Crippen LogP contribution >= 0.6 is 39.1 Å². The molecule has 5 nitrogen and oxygen atoms in total. The highest BCUT2D eigenvalue weighted by Crippen LogP contribution is 2.26. The first-order chi connectivity index (χ1) is 11.0. The number of hydrogen-bond acceptors (Lipinski definition) is 4. The summed E-state index contributed by atoms with van der Waals surface area (Å²) in [5, 5.41) is 8.36. The fourth-order valence-corrected chi connectivity index (χ4v) is 2.78. The largest absolute Gasteiger partial charge is 0.368 e. The minimum Gasteiger partial charge on any atom is -0.368 e. The summed E-state index contributed by atoms with van der Waals surface area (Å²) in [6, 6.07) is 13.1. The molecule has 0 unspecified atom stereocenters. The van der Waals surface area contributed by atoms with Gasteiger partial charge in [0.15, 0.2) is 0 Å². The molecule has 0 spiro atoms. The summed E-state index contributed by atoms with van der Waals surface area (Å²) < 4.78 is 2.63. The van der Waals surface area contributed by atoms with E-state index in [1.54, 1.807) is 22.9 Å². The highest BCUT2D eigenvalue weighted by Gasteiger charge is 2.09. The summed E-state index contributed by atoms with van der Waals surface area (Å²) in [6.07, 6.45) is 0. The molecule has 8 heteroatoms. The summed E-state index contributed by atoms with van der Waals surface area (Å²) >= 11 is 15.3. The quantitative estimate of drug-likeness (QED) is 0.650. The molecule has 3 rings (SSSR count). The van der Waals surface area contributed by atoms with Gasteiger partial charge in [-0.2, -0.15) is 4.98 Å². The van der Waals surface area contributed by atoms with Crippen LogP contribution in [0.2, 0.25) is 10.0 Å². The van der Waals surface area contributed by atoms with E-state index in [1.165, 1.54) is 0 Å². The predicted octanol–water partition coefficient (Wildman–Crippen LogP) is 4.72. The van der Waals surface area contributed by atoms with E-state index in [4.69, 9.17) is 28.9 Å². The van der Waals surface area contributed by atoms with Crippen molar-refractivity contribution in [3.8, 4) is 0 Å². The summed E-state index contributed by atoms with van der Waals surface area (Å²) in [7, 11) is 0. The Morgan fingerprint density at radius 2 is 1.96 bits per heavy atom. The molecule has 0 radical (unpaired) electrons. The lowest BCUT2D eigenvalue weighted by Gasteiger charge is -2.04. The molecule has 0 saturated carbocycles. The molecular weight excluding hydrogens is 401 g/mol. The molecule has 0 aliphatic rings. The van der Waals surface area contributed by atoms with E-state index in [2.05, 4.69) is 31.3 Å². The third-order valence-corrected chi connectivity index (χ3v) is 4.33. The van der Waals surface area contributed by atoms with Crippen LogP contribution in [0.25, 0.3) is 0 Å². The molecule has 1 aromatic heterocycles. The van der Waals surface area contributed by atoms with E-state index in [0.29, 0.717) is 28.5 Å². The van der Waals surface area contributed by atoms with Crippen LogP contribution in [0.15, 0.2) is 46.9 Å². The van der Waals surface area contributed by atoms with Gasteiger partial charge in [-0.1, -0.05) is 51.3 Å². The van der Waals surface area contributed by atoms with Crippen LogP contribution in [-0.2, 0) is 6.54 Å². The fraction of sp³-hybridized carbons (Fsp3) is 0.0667. The van der Waals surface area contributed by atoms with Crippen molar-refractivity contribution in [2.24, 2.45) is 0 Å². The Kier molecular flexibility index (Phi) is 4.75. The smallest absolute Gasteiger partial charge is 0.248 e. The Balaban J connectivity index is 1.79. The first kappa shape index (κ1) is 16.1. The van der Waals surface area contributed by atoms with Gasteiger partial charge in [0.05, 0.1) is 16.6 Å². The lowest BCUT2D eigenvalue weighted by molar-refractivity contribution is 0.698. The van der Waals surface area contributed by atoms with Crippen LogP contribution in [0, 0.1) is 0 Å². The molecule has 0 fully saturated rings. The number of nitrogen functional groups attached to an aromatic ring is 1. The Morgan fingerprint density at radius 1 is 1.13 bits per heavy atom. The average Bonchev–Trinajstić information content (AvgIpc) is 2.83. The monoisotopic (exact) mass is 411 g/mol. The number of rotatable bonds is 4. The number of aromatic nitrogens is 3. The standard InChI is InChI=1S/C15H12BrCl2N5/c16-10-3-1-2-9(6-10)8-23-14(19)21-15(22-23)20-11-4-5-12(17)13(18)7-11/h1-7H,8H2,(H3,19,20,21,22). The number of halogens is 3. The van der Waals surface area contributed by atoms with Crippen LogP contribution in [0.1, 0.15) is 5.56 Å². The second-order valence-corrected chi connectivity index (χ2v) is 6.57. The maximum absolute atomic E-state index is 5.99. The molecule has 2 aromatic carbocycles. The molecule has 1 heterocycles. The Labute approximate surface area is 151 Å². The van der Waals surface area contributed by atoms with Gasteiger partial charge in [0.25, 0.3) is 0 Å². The molecule has 118 valence electrons. The lowest BCUT2D eigenvalue weighted by atomic mass is 10.2. The zero-order chi connectivity index (χ0) is 16.4. The number of nitrogens with two attached hydrogens (primary N) is 1. The van der Waals surface area contributed by atoms with Crippen molar-refractivity contribution in [1.82, 2.24) is 14.8 Å². The molecule has 0 atom stereocenters. The van der Waals surface area contributed by atoms with Crippen LogP contribution in [-0.4, -0.2) is 14.8 Å². The third kappa shape index (κ3) is 3.96. The van der Waals surface area contributed by atoms with Crippen molar-refractivity contribution in [2.45, 2.75) is 6.54 Å². The predicted molar refractivity (Wildman–Crippen MR) is 97.4 cm³/mol. The van der Waals surface area contributed by atoms with E-state index in [1.807, 2.05) is 24.3 Å². The van der Waals surface area contributed by atoms with Gasteiger partial charge in [0.1, 0.15) is 0 Å². The molecular formula is C15H12BrCl2N5. The Hall–Kier alpha value is -1.76. The molecule has 0 bridgehead atoms.